The van der Waals surface area contributed by atoms with Crippen LogP contribution >= 0.6 is 0 Å². The Morgan fingerprint density at radius 3 is 1.33 bits per heavy atom. The molecule has 0 aliphatic carbocycles. The van der Waals surface area contributed by atoms with Gasteiger partial charge in [-0.05, 0) is 0 Å². The zero-order chi connectivity index (χ0) is 14.3. The summed E-state index contributed by atoms with van der Waals surface area (Å²) < 4.78 is 31.6. The zero-order valence-corrected chi connectivity index (χ0v) is 13.0. The molecular formula is C12H27CuO4S. The van der Waals surface area contributed by atoms with Crippen LogP contribution in [-0.4, -0.2) is 17.5 Å². The van der Waals surface area contributed by atoms with E-state index in [4.69, 9.17) is 33.5 Å². The van der Waals surface area contributed by atoms with E-state index in [1.807, 2.05) is 0 Å². The minimum atomic E-state index is -4.67. The summed E-state index contributed by atoms with van der Waals surface area (Å²) in [5.74, 6) is 0. The van der Waals surface area contributed by atoms with Crippen LogP contribution in [-0.2, 0) is 26.4 Å². The second kappa shape index (κ2) is 15.4. The fraction of sp³-hybridized carbons (Fsp3) is 1.00. The van der Waals surface area contributed by atoms with Gasteiger partial charge in [0.1, 0.15) is 0 Å². The summed E-state index contributed by atoms with van der Waals surface area (Å²) in [7, 11) is -4.67. The average Bonchev–Trinajstić information content (AvgIpc) is 2.25. The van der Waals surface area contributed by atoms with Crippen molar-refractivity contribution in [1.82, 2.24) is 0 Å². The van der Waals surface area contributed by atoms with Crippen LogP contribution in [0.2, 0.25) is 5.32 Å². The molecule has 0 rings (SSSR count). The predicted molar refractivity (Wildman–Crippen MR) is 70.8 cm³/mol. The Hall–Kier alpha value is 0.389. The third kappa shape index (κ3) is 36.0. The summed E-state index contributed by atoms with van der Waals surface area (Å²) in [5.41, 5.74) is 0. The van der Waals surface area contributed by atoms with Crippen molar-refractivity contribution in [3.8, 4) is 0 Å². The fourth-order valence-corrected chi connectivity index (χ4v) is 1.80. The molecule has 0 saturated heterocycles. The first-order valence-corrected chi connectivity index (χ1v) is 8.68. The van der Waals surface area contributed by atoms with E-state index in [9.17, 15) is 0 Å². The first-order chi connectivity index (χ1) is 8.41. The van der Waals surface area contributed by atoms with Gasteiger partial charge in [-0.1, -0.05) is 0 Å². The molecule has 0 aromatic rings. The van der Waals surface area contributed by atoms with Crippen molar-refractivity contribution in [3.63, 3.8) is 0 Å². The standard InChI is InChI=1S/C12H25.Cu.H2O4S/c1-3-5-7-9-11-12-10-8-6-4-2;;1-5(2,3)4/h1,3-12H2,2H3;;(H2,1,2,3,4). The van der Waals surface area contributed by atoms with Gasteiger partial charge in [0.25, 0.3) is 0 Å². The number of rotatable bonds is 10. The van der Waals surface area contributed by atoms with E-state index < -0.39 is 10.4 Å². The third-order valence-corrected chi connectivity index (χ3v) is 2.79. The Labute approximate surface area is 120 Å². The van der Waals surface area contributed by atoms with Gasteiger partial charge < -0.3 is 0 Å². The molecule has 4 nitrogen and oxygen atoms in total. The van der Waals surface area contributed by atoms with E-state index in [1.165, 1.54) is 64.2 Å². The van der Waals surface area contributed by atoms with Gasteiger partial charge in [0.05, 0.1) is 0 Å². The quantitative estimate of drug-likeness (QED) is 0.357. The molecule has 116 valence electrons. The van der Waals surface area contributed by atoms with Gasteiger partial charge in [0, 0.05) is 0 Å². The molecule has 18 heavy (non-hydrogen) atoms. The van der Waals surface area contributed by atoms with Crippen molar-refractivity contribution in [2.45, 2.75) is 76.5 Å². The zero-order valence-electron chi connectivity index (χ0n) is 11.2. The normalized spacial score (nSPS) is 10.9. The number of hydrogen-bond donors (Lipinski definition) is 2. The monoisotopic (exact) mass is 330 g/mol. The minimum absolute atomic E-state index is 0.934. The molecule has 0 radical (unpaired) electrons. The SMILES string of the molecule is CCCCCCCCCCC[CH2][Cu].O=S(=O)(O)O. The Kier molecular flexibility index (Phi) is 17.8. The molecular weight excluding hydrogens is 304 g/mol. The Morgan fingerprint density at radius 1 is 0.778 bits per heavy atom. The number of unbranched alkanes of at least 4 members (excludes halogenated alkanes) is 9. The molecule has 0 unspecified atom stereocenters. The molecule has 0 aromatic heterocycles. The van der Waals surface area contributed by atoms with Crippen molar-refractivity contribution in [3.05, 3.63) is 0 Å². The fourth-order valence-electron chi connectivity index (χ4n) is 1.56. The van der Waals surface area contributed by atoms with Crippen LogP contribution in [0.15, 0.2) is 0 Å². The average molecular weight is 331 g/mol. The Morgan fingerprint density at radius 2 is 1.06 bits per heavy atom. The molecule has 0 aliphatic rings. The summed E-state index contributed by atoms with van der Waals surface area (Å²) in [5, 5.41) is 0.934. The van der Waals surface area contributed by atoms with E-state index in [0.717, 1.165) is 5.32 Å². The van der Waals surface area contributed by atoms with E-state index in [0.29, 0.717) is 0 Å². The maximum absolute atomic E-state index is 8.74. The molecule has 0 aromatic carbocycles. The second-order valence-corrected chi connectivity index (χ2v) is 5.65. The first-order valence-electron chi connectivity index (χ1n) is 6.62. The molecule has 0 heterocycles. The molecule has 0 atom stereocenters. The molecule has 0 spiro atoms. The van der Waals surface area contributed by atoms with Gasteiger partial charge in [-0.25, -0.2) is 0 Å². The van der Waals surface area contributed by atoms with Crippen molar-refractivity contribution in [2.75, 3.05) is 0 Å². The molecule has 0 aliphatic heterocycles. The van der Waals surface area contributed by atoms with Gasteiger partial charge in [-0.15, -0.1) is 0 Å². The van der Waals surface area contributed by atoms with Crippen LogP contribution in [0.5, 0.6) is 0 Å². The summed E-state index contributed by atoms with van der Waals surface area (Å²) in [4.78, 5) is 0. The first kappa shape index (κ1) is 20.7. The van der Waals surface area contributed by atoms with Crippen molar-refractivity contribution in [1.29, 1.82) is 0 Å². The van der Waals surface area contributed by atoms with Gasteiger partial charge in [0.2, 0.25) is 0 Å². The summed E-state index contributed by atoms with van der Waals surface area (Å²) in [6.07, 6.45) is 14.0. The van der Waals surface area contributed by atoms with Crippen LogP contribution in [0.4, 0.5) is 0 Å². The van der Waals surface area contributed by atoms with Gasteiger partial charge in [0.15, 0.2) is 0 Å². The summed E-state index contributed by atoms with van der Waals surface area (Å²) >= 11 is 5.03. The van der Waals surface area contributed by atoms with Crippen LogP contribution in [0.25, 0.3) is 0 Å². The topological polar surface area (TPSA) is 74.6 Å². The van der Waals surface area contributed by atoms with Crippen LogP contribution in [0.3, 0.4) is 0 Å². The van der Waals surface area contributed by atoms with E-state index in [2.05, 4.69) is 6.92 Å². The van der Waals surface area contributed by atoms with Gasteiger partial charge >= 0.3 is 103 Å². The second-order valence-electron chi connectivity index (χ2n) is 4.28. The molecule has 2 N–H and O–H groups in total. The summed E-state index contributed by atoms with van der Waals surface area (Å²) in [6, 6.07) is 0. The van der Waals surface area contributed by atoms with Crippen LogP contribution in [0, 0.1) is 0 Å². The van der Waals surface area contributed by atoms with Crippen molar-refractivity contribution in [2.24, 2.45) is 0 Å². The molecule has 0 saturated carbocycles. The van der Waals surface area contributed by atoms with Crippen molar-refractivity contribution >= 4 is 10.4 Å². The van der Waals surface area contributed by atoms with Crippen LogP contribution < -0.4 is 0 Å². The third-order valence-electron chi connectivity index (χ3n) is 2.46. The van der Waals surface area contributed by atoms with E-state index >= 15 is 0 Å². The molecule has 6 heteroatoms. The largest absolute Gasteiger partial charge is 0.394 e. The van der Waals surface area contributed by atoms with Crippen molar-refractivity contribution < 1.29 is 33.5 Å². The molecule has 0 fully saturated rings. The van der Waals surface area contributed by atoms with E-state index in [1.54, 1.807) is 0 Å². The van der Waals surface area contributed by atoms with Crippen LogP contribution in [0.1, 0.15) is 71.1 Å². The number of hydrogen-bond acceptors (Lipinski definition) is 2. The predicted octanol–water partition coefficient (Wildman–Crippen LogP) is 4.22. The summed E-state index contributed by atoms with van der Waals surface area (Å²) in [6.45, 7) is 2.27. The molecule has 0 bridgehead atoms. The smallest absolute Gasteiger partial charge is 0.264 e. The van der Waals surface area contributed by atoms with Gasteiger partial charge in [-0.2, -0.15) is 8.42 Å². The maximum atomic E-state index is 8.74. The molecule has 0 amide bonds. The Bertz CT molecular complexity index is 224. The Balaban J connectivity index is 0. The minimum Gasteiger partial charge on any atom is -0.264 e. The van der Waals surface area contributed by atoms with Gasteiger partial charge in [-0.3, -0.25) is 9.11 Å². The van der Waals surface area contributed by atoms with E-state index in [-0.39, 0.29) is 0 Å². The maximum Gasteiger partial charge on any atom is 0.394 e.